The third-order valence-corrected chi connectivity index (χ3v) is 3.00. The first-order valence-electron chi connectivity index (χ1n) is 6.78. The highest BCUT2D eigenvalue weighted by Crippen LogP contribution is 2.19. The van der Waals surface area contributed by atoms with Gasteiger partial charge in [0.25, 0.3) is 5.56 Å². The monoisotopic (exact) mass is 272 g/mol. The predicted molar refractivity (Wildman–Crippen MR) is 80.0 cm³/mol. The van der Waals surface area contributed by atoms with Gasteiger partial charge in [-0.2, -0.15) is 0 Å². The molecule has 0 aliphatic carbocycles. The first-order chi connectivity index (χ1) is 9.66. The van der Waals surface area contributed by atoms with Crippen molar-refractivity contribution in [3.8, 4) is 5.75 Å². The molecule has 0 fully saturated rings. The number of benzene rings is 1. The zero-order valence-corrected chi connectivity index (χ0v) is 11.7. The lowest BCUT2D eigenvalue weighted by Crippen LogP contribution is -2.22. The SMILES string of the molecule is CC(N)Cc1ccccc1OCCn1ccccc1=O. The van der Waals surface area contributed by atoms with Crippen LogP contribution in [0.1, 0.15) is 12.5 Å². The smallest absolute Gasteiger partial charge is 0.250 e. The molecule has 106 valence electrons. The van der Waals surface area contributed by atoms with Crippen molar-refractivity contribution in [3.05, 3.63) is 64.6 Å². The van der Waals surface area contributed by atoms with Crippen LogP contribution in [-0.2, 0) is 13.0 Å². The molecule has 0 aliphatic rings. The van der Waals surface area contributed by atoms with E-state index >= 15 is 0 Å². The summed E-state index contributed by atoms with van der Waals surface area (Å²) in [4.78, 5) is 11.6. The zero-order chi connectivity index (χ0) is 14.4. The molecule has 0 saturated heterocycles. The Bertz CT molecular complexity index is 605. The molecule has 0 saturated carbocycles. The fourth-order valence-corrected chi connectivity index (χ4v) is 2.06. The lowest BCUT2D eigenvalue weighted by molar-refractivity contribution is 0.293. The Morgan fingerprint density at radius 2 is 1.95 bits per heavy atom. The zero-order valence-electron chi connectivity index (χ0n) is 11.7. The minimum atomic E-state index is -0.0139. The summed E-state index contributed by atoms with van der Waals surface area (Å²) in [6.07, 6.45) is 2.54. The topological polar surface area (TPSA) is 57.2 Å². The second kappa shape index (κ2) is 6.91. The van der Waals surface area contributed by atoms with E-state index in [0.717, 1.165) is 17.7 Å². The number of pyridine rings is 1. The molecule has 1 aromatic carbocycles. The van der Waals surface area contributed by atoms with E-state index in [9.17, 15) is 4.79 Å². The van der Waals surface area contributed by atoms with E-state index in [-0.39, 0.29) is 11.6 Å². The Morgan fingerprint density at radius 1 is 1.20 bits per heavy atom. The molecule has 1 heterocycles. The number of nitrogens with zero attached hydrogens (tertiary/aromatic N) is 1. The summed E-state index contributed by atoms with van der Waals surface area (Å²) in [5.41, 5.74) is 6.92. The average molecular weight is 272 g/mol. The summed E-state index contributed by atoms with van der Waals surface area (Å²) < 4.78 is 7.41. The minimum absolute atomic E-state index is 0.0139. The van der Waals surface area contributed by atoms with E-state index in [1.807, 2.05) is 37.3 Å². The molecule has 2 N–H and O–H groups in total. The van der Waals surface area contributed by atoms with Crippen LogP contribution >= 0.6 is 0 Å². The number of ether oxygens (including phenoxy) is 1. The molecule has 1 unspecified atom stereocenters. The van der Waals surface area contributed by atoms with Crippen molar-refractivity contribution in [1.29, 1.82) is 0 Å². The van der Waals surface area contributed by atoms with Crippen molar-refractivity contribution in [3.63, 3.8) is 0 Å². The maximum absolute atomic E-state index is 11.6. The van der Waals surface area contributed by atoms with Gasteiger partial charge in [-0.15, -0.1) is 0 Å². The van der Waals surface area contributed by atoms with Crippen molar-refractivity contribution in [2.75, 3.05) is 6.61 Å². The molecule has 0 bridgehead atoms. The number of para-hydroxylation sites is 1. The number of hydrogen-bond acceptors (Lipinski definition) is 3. The van der Waals surface area contributed by atoms with Crippen LogP contribution in [0.3, 0.4) is 0 Å². The van der Waals surface area contributed by atoms with Gasteiger partial charge in [-0.05, 0) is 31.0 Å². The summed E-state index contributed by atoms with van der Waals surface area (Å²) in [6, 6.07) is 13.1. The van der Waals surface area contributed by atoms with Gasteiger partial charge in [0.05, 0.1) is 6.54 Å². The standard InChI is InChI=1S/C16H20N2O2/c1-13(17)12-14-6-2-3-7-15(14)20-11-10-18-9-5-4-8-16(18)19/h2-9,13H,10-12,17H2,1H3. The molecule has 1 aromatic heterocycles. The van der Waals surface area contributed by atoms with Crippen LogP contribution < -0.4 is 16.0 Å². The van der Waals surface area contributed by atoms with Crippen LogP contribution in [0.4, 0.5) is 0 Å². The summed E-state index contributed by atoms with van der Waals surface area (Å²) in [5.74, 6) is 0.841. The Hall–Kier alpha value is -2.07. The number of nitrogens with two attached hydrogens (primary N) is 1. The van der Waals surface area contributed by atoms with Gasteiger partial charge in [0.15, 0.2) is 0 Å². The Labute approximate surface area is 118 Å². The van der Waals surface area contributed by atoms with E-state index < -0.39 is 0 Å². The summed E-state index contributed by atoms with van der Waals surface area (Å²) in [7, 11) is 0. The Balaban J connectivity index is 1.98. The summed E-state index contributed by atoms with van der Waals surface area (Å²) in [5, 5.41) is 0. The maximum Gasteiger partial charge on any atom is 0.250 e. The lowest BCUT2D eigenvalue weighted by atomic mass is 10.1. The van der Waals surface area contributed by atoms with Crippen molar-refractivity contribution in [2.24, 2.45) is 5.73 Å². The van der Waals surface area contributed by atoms with Gasteiger partial charge in [-0.25, -0.2) is 0 Å². The van der Waals surface area contributed by atoms with Gasteiger partial charge in [-0.3, -0.25) is 4.79 Å². The van der Waals surface area contributed by atoms with Crippen LogP contribution in [-0.4, -0.2) is 17.2 Å². The summed E-state index contributed by atoms with van der Waals surface area (Å²) >= 11 is 0. The third kappa shape index (κ3) is 3.96. The van der Waals surface area contributed by atoms with Gasteiger partial charge in [0, 0.05) is 18.3 Å². The molecule has 0 amide bonds. The highest BCUT2D eigenvalue weighted by Gasteiger charge is 2.05. The van der Waals surface area contributed by atoms with E-state index in [0.29, 0.717) is 13.2 Å². The van der Waals surface area contributed by atoms with Crippen LogP contribution in [0, 0.1) is 0 Å². The molecule has 0 aliphatic heterocycles. The van der Waals surface area contributed by atoms with Crippen LogP contribution in [0.15, 0.2) is 53.5 Å². The van der Waals surface area contributed by atoms with Crippen LogP contribution in [0.2, 0.25) is 0 Å². The normalized spacial score (nSPS) is 12.1. The van der Waals surface area contributed by atoms with Crippen molar-refractivity contribution < 1.29 is 4.74 Å². The van der Waals surface area contributed by atoms with Gasteiger partial charge < -0.3 is 15.0 Å². The second-order valence-electron chi connectivity index (χ2n) is 4.87. The van der Waals surface area contributed by atoms with Gasteiger partial charge in [0.2, 0.25) is 0 Å². The summed E-state index contributed by atoms with van der Waals surface area (Å²) in [6.45, 7) is 2.96. The van der Waals surface area contributed by atoms with Crippen LogP contribution in [0.5, 0.6) is 5.75 Å². The van der Waals surface area contributed by atoms with E-state index in [1.165, 1.54) is 0 Å². The van der Waals surface area contributed by atoms with E-state index in [1.54, 1.807) is 22.9 Å². The molecule has 2 aromatic rings. The van der Waals surface area contributed by atoms with E-state index in [2.05, 4.69) is 0 Å². The van der Waals surface area contributed by atoms with Crippen molar-refractivity contribution in [2.45, 2.75) is 25.9 Å². The molecule has 0 spiro atoms. The predicted octanol–water partition coefficient (Wildman–Crippen LogP) is 1.82. The number of hydrogen-bond donors (Lipinski definition) is 1. The Kier molecular flexibility index (Phi) is 4.96. The molecule has 4 nitrogen and oxygen atoms in total. The first-order valence-corrected chi connectivity index (χ1v) is 6.78. The molecule has 2 rings (SSSR count). The number of rotatable bonds is 6. The third-order valence-electron chi connectivity index (χ3n) is 3.00. The molecular weight excluding hydrogens is 252 g/mol. The Morgan fingerprint density at radius 3 is 2.70 bits per heavy atom. The highest BCUT2D eigenvalue weighted by molar-refractivity contribution is 5.33. The number of aromatic nitrogens is 1. The fourth-order valence-electron chi connectivity index (χ4n) is 2.06. The quantitative estimate of drug-likeness (QED) is 0.872. The molecular formula is C16H20N2O2. The molecule has 1 atom stereocenters. The first kappa shape index (κ1) is 14.3. The average Bonchev–Trinajstić information content (AvgIpc) is 2.42. The van der Waals surface area contributed by atoms with Gasteiger partial charge in [0.1, 0.15) is 12.4 Å². The largest absolute Gasteiger partial charge is 0.491 e. The lowest BCUT2D eigenvalue weighted by Gasteiger charge is -2.13. The maximum atomic E-state index is 11.6. The fraction of sp³-hybridized carbons (Fsp3) is 0.312. The van der Waals surface area contributed by atoms with E-state index in [4.69, 9.17) is 10.5 Å². The minimum Gasteiger partial charge on any atom is -0.491 e. The van der Waals surface area contributed by atoms with Gasteiger partial charge in [-0.1, -0.05) is 24.3 Å². The highest BCUT2D eigenvalue weighted by atomic mass is 16.5. The van der Waals surface area contributed by atoms with Crippen molar-refractivity contribution >= 4 is 0 Å². The van der Waals surface area contributed by atoms with Crippen LogP contribution in [0.25, 0.3) is 0 Å². The van der Waals surface area contributed by atoms with Gasteiger partial charge >= 0.3 is 0 Å². The second-order valence-corrected chi connectivity index (χ2v) is 4.87. The molecule has 20 heavy (non-hydrogen) atoms. The van der Waals surface area contributed by atoms with Crippen molar-refractivity contribution in [1.82, 2.24) is 4.57 Å². The molecule has 4 heteroatoms. The molecule has 0 radical (unpaired) electrons.